The number of rotatable bonds is 1. The molecule has 0 N–H and O–H groups in total. The van der Waals surface area contributed by atoms with Crippen molar-refractivity contribution in [2.45, 2.75) is 6.04 Å². The van der Waals surface area contributed by atoms with Crippen LogP contribution in [0.25, 0.3) is 0 Å². The zero-order valence-corrected chi connectivity index (χ0v) is 6.38. The Morgan fingerprint density at radius 1 is 1.55 bits per heavy atom. The quantitative estimate of drug-likeness (QED) is 0.318. The van der Waals surface area contributed by atoms with Crippen LogP contribution in [0.4, 0.5) is 0 Å². The third-order valence-electron chi connectivity index (χ3n) is 1.24. The molecule has 1 atom stereocenters. The minimum atomic E-state index is -0.417. The lowest BCUT2D eigenvalue weighted by molar-refractivity contribution is 0.563. The molecule has 0 fully saturated rings. The van der Waals surface area contributed by atoms with E-state index in [9.17, 15) is 9.00 Å². The maximum atomic E-state index is 10.4. The van der Waals surface area contributed by atoms with E-state index >= 15 is 0 Å². The van der Waals surface area contributed by atoms with Gasteiger partial charge >= 0.3 is 0 Å². The van der Waals surface area contributed by atoms with E-state index in [1.807, 2.05) is 0 Å². The Bertz CT molecular complexity index is 306. The summed E-state index contributed by atoms with van der Waals surface area (Å²) in [4.78, 5) is 13.8. The molecule has 56 valence electrons. The number of isocyanates is 1. The van der Waals surface area contributed by atoms with Crippen molar-refractivity contribution in [1.29, 1.82) is 0 Å². The molecule has 0 heterocycles. The Kier molecular flexibility index (Phi) is 2.72. The average Bonchev–Trinajstić information content (AvgIpc) is 2.06. The first kappa shape index (κ1) is 7.85. The number of hydrogen-bond donors (Lipinski definition) is 0. The van der Waals surface area contributed by atoms with Gasteiger partial charge in [-0.15, -0.1) is 0 Å². The van der Waals surface area contributed by atoms with Crippen molar-refractivity contribution in [3.63, 3.8) is 0 Å². The lowest BCUT2D eigenvalue weighted by atomic mass is 10.1. The number of nitrogens with zero attached hydrogens (tertiary/aromatic N) is 1. The van der Waals surface area contributed by atoms with Crippen LogP contribution >= 0.6 is 0 Å². The monoisotopic (exact) mass is 167 g/mol. The van der Waals surface area contributed by atoms with Crippen LogP contribution in [0, 0.1) is 0 Å². The highest BCUT2D eigenvalue weighted by atomic mass is 32.1. The highest BCUT2D eigenvalue weighted by Crippen LogP contribution is 2.02. The summed E-state index contributed by atoms with van der Waals surface area (Å²) < 4.78 is 10.4. The van der Waals surface area contributed by atoms with Crippen LogP contribution in [0.1, 0.15) is 0 Å². The average molecular weight is 167 g/mol. The molecule has 4 heteroatoms. The van der Waals surface area contributed by atoms with Crippen LogP contribution in [0.3, 0.4) is 0 Å². The van der Waals surface area contributed by atoms with Crippen molar-refractivity contribution in [2.24, 2.45) is 4.99 Å². The summed E-state index contributed by atoms with van der Waals surface area (Å²) in [6.07, 6.45) is 8.21. The third kappa shape index (κ3) is 1.83. The predicted octanol–water partition coefficient (Wildman–Crippen LogP) is 0.202. The van der Waals surface area contributed by atoms with Crippen molar-refractivity contribution < 1.29 is 9.00 Å². The van der Waals surface area contributed by atoms with Gasteiger partial charge in [-0.1, -0.05) is 18.2 Å². The van der Waals surface area contributed by atoms with Crippen LogP contribution < -0.4 is 0 Å². The summed E-state index contributed by atoms with van der Waals surface area (Å²) in [5.74, 6) is 0. The minimum Gasteiger partial charge on any atom is -0.212 e. The molecule has 3 nitrogen and oxygen atoms in total. The van der Waals surface area contributed by atoms with Gasteiger partial charge in [-0.3, -0.25) is 0 Å². The zero-order valence-electron chi connectivity index (χ0n) is 5.56. The van der Waals surface area contributed by atoms with Crippen LogP contribution in [-0.4, -0.2) is 21.2 Å². The molecule has 1 rings (SSSR count). The van der Waals surface area contributed by atoms with E-state index in [1.54, 1.807) is 24.3 Å². The molecule has 1 aliphatic rings. The first-order valence-electron chi connectivity index (χ1n) is 2.97. The van der Waals surface area contributed by atoms with Crippen LogP contribution in [0.2, 0.25) is 0 Å². The van der Waals surface area contributed by atoms with Crippen molar-refractivity contribution in [2.75, 3.05) is 0 Å². The van der Waals surface area contributed by atoms with E-state index in [0.717, 1.165) is 0 Å². The highest BCUT2D eigenvalue weighted by Gasteiger charge is 2.09. The summed E-state index contributed by atoms with van der Waals surface area (Å²) in [6.45, 7) is 0. The summed E-state index contributed by atoms with van der Waals surface area (Å²) >= 11 is 0.350. The van der Waals surface area contributed by atoms with Crippen LogP contribution in [0.5, 0.6) is 0 Å². The minimum absolute atomic E-state index is 0.350. The largest absolute Gasteiger partial charge is 0.235 e. The van der Waals surface area contributed by atoms with Gasteiger partial charge in [0, 0.05) is 0 Å². The predicted molar refractivity (Wildman–Crippen MR) is 43.3 cm³/mol. The molecule has 0 amide bonds. The topological polar surface area (TPSA) is 46.5 Å². The smallest absolute Gasteiger partial charge is 0.212 e. The summed E-state index contributed by atoms with van der Waals surface area (Å²) in [5, 5.41) is 0. The Morgan fingerprint density at radius 2 is 2.36 bits per heavy atom. The van der Waals surface area contributed by atoms with Gasteiger partial charge in [0.15, 0.2) is 0 Å². The van der Waals surface area contributed by atoms with E-state index in [1.165, 1.54) is 6.08 Å². The molecule has 1 unspecified atom stereocenters. The van der Waals surface area contributed by atoms with Crippen molar-refractivity contribution in [3.05, 3.63) is 24.3 Å². The molecular weight excluding hydrogens is 162 g/mol. The number of hydrogen-bond acceptors (Lipinski definition) is 3. The normalized spacial score (nSPS) is 21.1. The third-order valence-corrected chi connectivity index (χ3v) is 1.81. The Labute approximate surface area is 67.2 Å². The van der Waals surface area contributed by atoms with Gasteiger partial charge in [0.25, 0.3) is 0 Å². The second-order valence-electron chi connectivity index (χ2n) is 1.89. The lowest BCUT2D eigenvalue weighted by Gasteiger charge is -2.04. The molecule has 11 heavy (non-hydrogen) atoms. The molecule has 0 saturated heterocycles. The molecule has 0 aromatic rings. The first-order chi connectivity index (χ1) is 5.38. The van der Waals surface area contributed by atoms with Crippen molar-refractivity contribution >= 4 is 22.2 Å². The van der Waals surface area contributed by atoms with Crippen LogP contribution in [0.15, 0.2) is 29.3 Å². The maximum absolute atomic E-state index is 10.4. The SMILES string of the molecule is O=C=NC1C=CC=CC1=S=O. The van der Waals surface area contributed by atoms with Gasteiger partial charge in [0.2, 0.25) is 6.08 Å². The lowest BCUT2D eigenvalue weighted by Crippen LogP contribution is -2.15. The molecule has 0 saturated carbocycles. The van der Waals surface area contributed by atoms with E-state index in [0.29, 0.717) is 16.1 Å². The Balaban J connectivity index is 2.96. The molecule has 0 spiro atoms. The van der Waals surface area contributed by atoms with Crippen molar-refractivity contribution in [1.82, 2.24) is 0 Å². The molecule has 0 aromatic carbocycles. The van der Waals surface area contributed by atoms with E-state index in [4.69, 9.17) is 0 Å². The second kappa shape index (κ2) is 3.81. The van der Waals surface area contributed by atoms with Gasteiger partial charge < -0.3 is 0 Å². The summed E-state index contributed by atoms with van der Waals surface area (Å²) in [5.41, 5.74) is 0. The zero-order chi connectivity index (χ0) is 8.10. The van der Waals surface area contributed by atoms with E-state index in [2.05, 4.69) is 4.99 Å². The standard InChI is InChI=1S/C7H5NO2S/c9-5-8-6-3-1-2-4-7(6)11-10/h1-4,6H. The Morgan fingerprint density at radius 3 is 3.00 bits per heavy atom. The van der Waals surface area contributed by atoms with E-state index in [-0.39, 0.29) is 0 Å². The fraction of sp³-hybridized carbons (Fsp3) is 0.143. The maximum Gasteiger partial charge on any atom is 0.235 e. The molecular formula is C7H5NO2S. The summed E-state index contributed by atoms with van der Waals surface area (Å²) in [6, 6.07) is -0.417. The van der Waals surface area contributed by atoms with Gasteiger partial charge in [0.05, 0.1) is 16.1 Å². The summed E-state index contributed by atoms with van der Waals surface area (Å²) in [7, 11) is 0. The molecule has 0 radical (unpaired) electrons. The molecule has 0 bridgehead atoms. The fourth-order valence-corrected chi connectivity index (χ4v) is 1.12. The van der Waals surface area contributed by atoms with Gasteiger partial charge in [0.1, 0.15) is 6.04 Å². The highest BCUT2D eigenvalue weighted by molar-refractivity contribution is 7.67. The van der Waals surface area contributed by atoms with Gasteiger partial charge in [-0.05, 0) is 6.08 Å². The number of carbonyl (C=O) groups excluding carboxylic acids is 1. The second-order valence-corrected chi connectivity index (χ2v) is 2.53. The molecule has 0 aromatic heterocycles. The van der Waals surface area contributed by atoms with Gasteiger partial charge in [-0.2, -0.15) is 4.99 Å². The number of allylic oxidation sites excluding steroid dienone is 2. The number of aliphatic imine (C=N–C) groups is 1. The van der Waals surface area contributed by atoms with E-state index < -0.39 is 6.04 Å². The molecule has 0 aliphatic heterocycles. The van der Waals surface area contributed by atoms with Gasteiger partial charge in [-0.25, -0.2) is 9.00 Å². The first-order valence-corrected chi connectivity index (χ1v) is 3.71. The van der Waals surface area contributed by atoms with Crippen molar-refractivity contribution in [3.8, 4) is 0 Å². The van der Waals surface area contributed by atoms with Crippen LogP contribution in [-0.2, 0) is 16.1 Å². The molecule has 1 aliphatic carbocycles. The fourth-order valence-electron chi connectivity index (χ4n) is 0.754. The Hall–Kier alpha value is -1.25.